The maximum atomic E-state index is 4.52. The molecule has 19 heavy (non-hydrogen) atoms. The fraction of sp³-hybridized carbons (Fsp3) is 0.706. The third-order valence-electron chi connectivity index (χ3n) is 4.58. The van der Waals surface area contributed by atoms with E-state index in [1.807, 2.05) is 12.3 Å². The molecule has 0 bridgehead atoms. The average Bonchev–Trinajstić information content (AvgIpc) is 2.97. The van der Waals surface area contributed by atoms with Gasteiger partial charge in [0.2, 0.25) is 0 Å². The molecule has 1 heterocycles. The Kier molecular flexibility index (Phi) is 5.84. The summed E-state index contributed by atoms with van der Waals surface area (Å²) in [7, 11) is 0. The van der Waals surface area contributed by atoms with Gasteiger partial charge in [0, 0.05) is 23.9 Å². The van der Waals surface area contributed by atoms with Crippen LogP contribution in [0.25, 0.3) is 0 Å². The molecular weight excluding hydrogens is 232 g/mol. The second-order valence-electron chi connectivity index (χ2n) is 5.94. The van der Waals surface area contributed by atoms with Gasteiger partial charge in [-0.3, -0.25) is 4.98 Å². The number of rotatable bonds is 7. The van der Waals surface area contributed by atoms with Crippen molar-refractivity contribution in [1.82, 2.24) is 10.3 Å². The summed E-state index contributed by atoms with van der Waals surface area (Å²) in [6, 6.07) is 6.82. The van der Waals surface area contributed by atoms with E-state index in [4.69, 9.17) is 0 Å². The van der Waals surface area contributed by atoms with Crippen molar-refractivity contribution in [2.75, 3.05) is 6.54 Å². The highest BCUT2D eigenvalue weighted by molar-refractivity contribution is 5.11. The monoisotopic (exact) mass is 260 g/mol. The molecule has 2 nitrogen and oxygen atoms in total. The van der Waals surface area contributed by atoms with Crippen molar-refractivity contribution in [3.63, 3.8) is 0 Å². The van der Waals surface area contributed by atoms with E-state index < -0.39 is 0 Å². The molecular formula is C17H28N2. The van der Waals surface area contributed by atoms with Crippen molar-refractivity contribution in [2.45, 2.75) is 64.3 Å². The molecule has 1 aliphatic carbocycles. The zero-order chi connectivity index (χ0) is 13.5. The van der Waals surface area contributed by atoms with Gasteiger partial charge in [0.25, 0.3) is 0 Å². The fourth-order valence-corrected chi connectivity index (χ4v) is 3.36. The van der Waals surface area contributed by atoms with E-state index in [0.717, 1.165) is 12.5 Å². The lowest BCUT2D eigenvalue weighted by Gasteiger charge is -2.25. The van der Waals surface area contributed by atoms with Crippen molar-refractivity contribution >= 4 is 0 Å². The lowest BCUT2D eigenvalue weighted by atomic mass is 9.90. The number of nitrogens with one attached hydrogen (secondary N) is 1. The normalized spacial score (nSPS) is 19.5. The van der Waals surface area contributed by atoms with Gasteiger partial charge in [-0.25, -0.2) is 0 Å². The number of aromatic nitrogens is 1. The molecule has 2 rings (SSSR count). The van der Waals surface area contributed by atoms with Crippen LogP contribution in [0.5, 0.6) is 0 Å². The topological polar surface area (TPSA) is 24.9 Å². The Morgan fingerprint density at radius 2 is 2.11 bits per heavy atom. The Labute approximate surface area is 118 Å². The first-order valence-corrected chi connectivity index (χ1v) is 7.95. The van der Waals surface area contributed by atoms with Crippen molar-refractivity contribution in [2.24, 2.45) is 5.92 Å². The van der Waals surface area contributed by atoms with Crippen LogP contribution in [0.2, 0.25) is 0 Å². The van der Waals surface area contributed by atoms with E-state index in [-0.39, 0.29) is 0 Å². The molecule has 1 aromatic heterocycles. The van der Waals surface area contributed by atoms with Crippen LogP contribution in [0.4, 0.5) is 0 Å². The molecule has 2 heteroatoms. The van der Waals surface area contributed by atoms with E-state index in [1.54, 1.807) is 0 Å². The zero-order valence-electron chi connectivity index (χ0n) is 12.4. The van der Waals surface area contributed by atoms with E-state index in [1.165, 1.54) is 44.2 Å². The number of hydrogen-bond acceptors (Lipinski definition) is 2. The molecule has 0 aromatic carbocycles. The number of likely N-dealkylation sites (N-methyl/N-ethyl adjacent to an activating group) is 1. The molecule has 0 aliphatic heterocycles. The minimum Gasteiger partial charge on any atom is -0.314 e. The Morgan fingerprint density at radius 1 is 1.32 bits per heavy atom. The molecule has 1 fully saturated rings. The highest BCUT2D eigenvalue weighted by atomic mass is 14.9. The minimum absolute atomic E-state index is 0.502. The van der Waals surface area contributed by atoms with Gasteiger partial charge in [0.1, 0.15) is 0 Å². The van der Waals surface area contributed by atoms with Crippen LogP contribution in [-0.2, 0) is 0 Å². The number of nitrogens with zero attached hydrogens (tertiary/aromatic N) is 1. The van der Waals surface area contributed by atoms with Crippen LogP contribution < -0.4 is 5.32 Å². The maximum absolute atomic E-state index is 4.52. The molecule has 0 radical (unpaired) electrons. The second-order valence-corrected chi connectivity index (χ2v) is 5.94. The summed E-state index contributed by atoms with van der Waals surface area (Å²) in [6.07, 6.45) is 10.4. The lowest BCUT2D eigenvalue weighted by Crippen LogP contribution is -2.34. The predicted octanol–water partition coefficient (Wildman–Crippen LogP) is 4.13. The van der Waals surface area contributed by atoms with Gasteiger partial charge < -0.3 is 5.32 Å². The van der Waals surface area contributed by atoms with Gasteiger partial charge in [0.05, 0.1) is 0 Å². The minimum atomic E-state index is 0.502. The summed E-state index contributed by atoms with van der Waals surface area (Å²) >= 11 is 0. The van der Waals surface area contributed by atoms with Crippen LogP contribution in [0.15, 0.2) is 24.4 Å². The third kappa shape index (κ3) is 4.31. The molecule has 1 saturated carbocycles. The van der Waals surface area contributed by atoms with E-state index in [9.17, 15) is 0 Å². The Balaban J connectivity index is 1.90. The SMILES string of the molecule is CCNC(CCC1CCCC1)C(C)c1ccccn1. The smallest absolute Gasteiger partial charge is 0.0447 e. The van der Waals surface area contributed by atoms with E-state index in [2.05, 4.69) is 36.3 Å². The van der Waals surface area contributed by atoms with Crippen LogP contribution in [0.1, 0.15) is 64.0 Å². The molecule has 0 spiro atoms. The van der Waals surface area contributed by atoms with Crippen molar-refractivity contribution in [3.05, 3.63) is 30.1 Å². The fourth-order valence-electron chi connectivity index (χ4n) is 3.36. The van der Waals surface area contributed by atoms with E-state index in [0.29, 0.717) is 12.0 Å². The van der Waals surface area contributed by atoms with Crippen molar-refractivity contribution in [3.8, 4) is 0 Å². The highest BCUT2D eigenvalue weighted by Crippen LogP contribution is 2.30. The Hall–Kier alpha value is -0.890. The maximum Gasteiger partial charge on any atom is 0.0447 e. The first-order chi connectivity index (χ1) is 9.31. The van der Waals surface area contributed by atoms with Crippen molar-refractivity contribution < 1.29 is 0 Å². The predicted molar refractivity (Wildman–Crippen MR) is 81.3 cm³/mol. The lowest BCUT2D eigenvalue weighted by molar-refractivity contribution is 0.373. The van der Waals surface area contributed by atoms with Crippen LogP contribution >= 0.6 is 0 Å². The summed E-state index contributed by atoms with van der Waals surface area (Å²) in [5.41, 5.74) is 1.22. The summed E-state index contributed by atoms with van der Waals surface area (Å²) < 4.78 is 0. The number of pyridine rings is 1. The molecule has 1 N–H and O–H groups in total. The second kappa shape index (κ2) is 7.64. The average molecular weight is 260 g/mol. The summed E-state index contributed by atoms with van der Waals surface area (Å²) in [6.45, 7) is 5.56. The van der Waals surface area contributed by atoms with Crippen LogP contribution in [0, 0.1) is 5.92 Å². The first-order valence-electron chi connectivity index (χ1n) is 7.95. The molecule has 0 amide bonds. The van der Waals surface area contributed by atoms with Crippen LogP contribution in [0.3, 0.4) is 0 Å². The summed E-state index contributed by atoms with van der Waals surface area (Å²) in [4.78, 5) is 4.52. The van der Waals surface area contributed by atoms with E-state index >= 15 is 0 Å². The molecule has 0 saturated heterocycles. The molecule has 1 aromatic rings. The number of hydrogen-bond donors (Lipinski definition) is 1. The summed E-state index contributed by atoms with van der Waals surface area (Å²) in [5, 5.41) is 3.66. The van der Waals surface area contributed by atoms with Gasteiger partial charge in [0.15, 0.2) is 0 Å². The standard InChI is InChI=1S/C17H28N2/c1-3-18-17(12-11-15-8-4-5-9-15)14(2)16-10-6-7-13-19-16/h6-7,10,13-15,17-18H,3-5,8-9,11-12H2,1-2H3. The van der Waals surface area contributed by atoms with Gasteiger partial charge in [-0.1, -0.05) is 45.6 Å². The Bertz CT molecular complexity index is 344. The Morgan fingerprint density at radius 3 is 2.74 bits per heavy atom. The molecule has 2 atom stereocenters. The largest absolute Gasteiger partial charge is 0.314 e. The quantitative estimate of drug-likeness (QED) is 0.797. The molecule has 2 unspecified atom stereocenters. The highest BCUT2D eigenvalue weighted by Gasteiger charge is 2.22. The zero-order valence-corrected chi connectivity index (χ0v) is 12.4. The first kappa shape index (κ1) is 14.5. The van der Waals surface area contributed by atoms with Crippen LogP contribution in [-0.4, -0.2) is 17.6 Å². The molecule has 1 aliphatic rings. The third-order valence-corrected chi connectivity index (χ3v) is 4.58. The summed E-state index contributed by atoms with van der Waals surface area (Å²) in [5.74, 6) is 1.49. The van der Waals surface area contributed by atoms with Gasteiger partial charge in [-0.05, 0) is 37.4 Å². The van der Waals surface area contributed by atoms with Gasteiger partial charge in [-0.15, -0.1) is 0 Å². The van der Waals surface area contributed by atoms with Gasteiger partial charge >= 0.3 is 0 Å². The van der Waals surface area contributed by atoms with Crippen molar-refractivity contribution in [1.29, 1.82) is 0 Å². The molecule has 106 valence electrons. The van der Waals surface area contributed by atoms with Gasteiger partial charge in [-0.2, -0.15) is 0 Å².